The van der Waals surface area contributed by atoms with Crippen molar-refractivity contribution in [2.24, 2.45) is 5.73 Å². The van der Waals surface area contributed by atoms with Crippen LogP contribution in [0.15, 0.2) is 0 Å². The molecular formula is C4H9NO4. The largest absolute Gasteiger partial charge is 0.391 e. The van der Waals surface area contributed by atoms with Crippen LogP contribution >= 0.6 is 0 Å². The van der Waals surface area contributed by atoms with E-state index in [4.69, 9.17) is 16.1 Å². The second-order valence-electron chi connectivity index (χ2n) is 1.68. The summed E-state index contributed by atoms with van der Waals surface area (Å²) in [6.45, 7) is 1.32. The first-order valence-corrected chi connectivity index (χ1v) is 2.38. The minimum absolute atomic E-state index is 1.01. The van der Waals surface area contributed by atoms with Gasteiger partial charge in [0.2, 0.25) is 0 Å². The quantitative estimate of drug-likeness (QED) is 0.323. The highest BCUT2D eigenvalue weighted by atomic mass is 17.1. The van der Waals surface area contributed by atoms with E-state index in [9.17, 15) is 4.79 Å². The van der Waals surface area contributed by atoms with Crippen molar-refractivity contribution in [3.8, 4) is 0 Å². The molecular weight excluding hydrogens is 126 g/mol. The molecule has 0 spiro atoms. The van der Waals surface area contributed by atoms with Gasteiger partial charge >= 0.3 is 5.97 Å². The first kappa shape index (κ1) is 8.35. The molecule has 0 bridgehead atoms. The Morgan fingerprint density at radius 3 is 2.33 bits per heavy atom. The zero-order valence-electron chi connectivity index (χ0n) is 4.94. The van der Waals surface area contributed by atoms with Crippen molar-refractivity contribution >= 4 is 5.97 Å². The molecule has 0 aromatic carbocycles. The maximum absolute atomic E-state index is 10.2. The number of carbonyl (C=O) groups is 1. The SMILES string of the molecule is CC(O)[C@H](N)C(=O)OO. The molecule has 1 unspecified atom stereocenters. The van der Waals surface area contributed by atoms with Gasteiger partial charge in [0.15, 0.2) is 0 Å². The summed E-state index contributed by atoms with van der Waals surface area (Å²) in [6.07, 6.45) is -1.01. The van der Waals surface area contributed by atoms with Crippen LogP contribution in [-0.2, 0) is 9.68 Å². The molecule has 9 heavy (non-hydrogen) atoms. The zero-order chi connectivity index (χ0) is 7.44. The number of hydrogen-bond acceptors (Lipinski definition) is 5. The Hall–Kier alpha value is -0.650. The lowest BCUT2D eigenvalue weighted by atomic mass is 10.2. The highest BCUT2D eigenvalue weighted by Gasteiger charge is 2.19. The van der Waals surface area contributed by atoms with Crippen molar-refractivity contribution in [1.29, 1.82) is 0 Å². The molecule has 0 aromatic heterocycles. The molecule has 2 atom stereocenters. The summed E-state index contributed by atoms with van der Waals surface area (Å²) >= 11 is 0. The molecule has 0 fully saturated rings. The topological polar surface area (TPSA) is 92.8 Å². The fraction of sp³-hybridized carbons (Fsp3) is 0.750. The van der Waals surface area contributed by atoms with Gasteiger partial charge in [-0.1, -0.05) is 0 Å². The Kier molecular flexibility index (Phi) is 3.15. The van der Waals surface area contributed by atoms with Gasteiger partial charge in [0.1, 0.15) is 6.04 Å². The van der Waals surface area contributed by atoms with E-state index in [-0.39, 0.29) is 0 Å². The van der Waals surface area contributed by atoms with Crippen molar-refractivity contribution in [1.82, 2.24) is 0 Å². The smallest absolute Gasteiger partial charge is 0.361 e. The summed E-state index contributed by atoms with van der Waals surface area (Å²) in [5, 5.41) is 16.3. The lowest BCUT2D eigenvalue weighted by Gasteiger charge is -2.08. The van der Waals surface area contributed by atoms with Crippen molar-refractivity contribution in [3.63, 3.8) is 0 Å². The molecule has 0 aliphatic carbocycles. The second kappa shape index (κ2) is 3.39. The van der Waals surface area contributed by atoms with Crippen LogP contribution in [0.2, 0.25) is 0 Å². The number of aliphatic hydroxyl groups is 1. The van der Waals surface area contributed by atoms with Crippen LogP contribution in [0, 0.1) is 0 Å². The minimum atomic E-state index is -1.17. The van der Waals surface area contributed by atoms with Crippen molar-refractivity contribution in [3.05, 3.63) is 0 Å². The van der Waals surface area contributed by atoms with Gasteiger partial charge in [0, 0.05) is 0 Å². The minimum Gasteiger partial charge on any atom is -0.391 e. The third-order valence-corrected chi connectivity index (χ3v) is 0.882. The summed E-state index contributed by atoms with van der Waals surface area (Å²) < 4.78 is 0. The van der Waals surface area contributed by atoms with Gasteiger partial charge in [-0.05, 0) is 6.92 Å². The van der Waals surface area contributed by atoms with Gasteiger partial charge in [-0.3, -0.25) is 4.89 Å². The third-order valence-electron chi connectivity index (χ3n) is 0.882. The summed E-state index contributed by atoms with van der Waals surface area (Å²) in [5.41, 5.74) is 4.99. The van der Waals surface area contributed by atoms with Gasteiger partial charge in [0.05, 0.1) is 6.10 Å². The molecule has 0 saturated carbocycles. The molecule has 54 valence electrons. The molecule has 0 amide bonds. The maximum Gasteiger partial charge on any atom is 0.361 e. The molecule has 5 heteroatoms. The Morgan fingerprint density at radius 1 is 1.78 bits per heavy atom. The lowest BCUT2D eigenvalue weighted by Crippen LogP contribution is -2.40. The van der Waals surface area contributed by atoms with E-state index in [1.54, 1.807) is 0 Å². The maximum atomic E-state index is 10.2. The highest BCUT2D eigenvalue weighted by Crippen LogP contribution is 1.89. The fourth-order valence-electron chi connectivity index (χ4n) is 0.258. The Bertz CT molecular complexity index is 103. The monoisotopic (exact) mass is 135 g/mol. The van der Waals surface area contributed by atoms with Gasteiger partial charge in [-0.15, -0.1) is 0 Å². The molecule has 0 aromatic rings. The Labute approximate surface area is 52.0 Å². The normalized spacial score (nSPS) is 16.4. The first-order chi connectivity index (χ1) is 4.09. The van der Waals surface area contributed by atoms with Crippen LogP contribution in [0.3, 0.4) is 0 Å². The van der Waals surface area contributed by atoms with Crippen LogP contribution < -0.4 is 5.73 Å². The molecule has 0 aliphatic rings. The Balaban J connectivity index is 3.72. The summed E-state index contributed by atoms with van der Waals surface area (Å²) in [7, 11) is 0. The van der Waals surface area contributed by atoms with E-state index in [0.717, 1.165) is 0 Å². The number of nitrogens with two attached hydrogens (primary N) is 1. The summed E-state index contributed by atoms with van der Waals surface area (Å²) in [5.74, 6) is -1.04. The molecule has 0 rings (SSSR count). The van der Waals surface area contributed by atoms with Crippen molar-refractivity contribution in [2.75, 3.05) is 0 Å². The van der Waals surface area contributed by atoms with Crippen LogP contribution in [-0.4, -0.2) is 28.5 Å². The average molecular weight is 135 g/mol. The summed E-state index contributed by atoms with van der Waals surface area (Å²) in [4.78, 5) is 13.4. The van der Waals surface area contributed by atoms with Crippen LogP contribution in [0.4, 0.5) is 0 Å². The molecule has 4 N–H and O–H groups in total. The van der Waals surface area contributed by atoms with Crippen molar-refractivity contribution < 1.29 is 20.0 Å². The van der Waals surface area contributed by atoms with Crippen LogP contribution in [0.1, 0.15) is 6.92 Å². The van der Waals surface area contributed by atoms with Gasteiger partial charge in [0.25, 0.3) is 0 Å². The van der Waals surface area contributed by atoms with Crippen LogP contribution in [0.25, 0.3) is 0 Å². The fourth-order valence-corrected chi connectivity index (χ4v) is 0.258. The number of rotatable bonds is 2. The predicted molar refractivity (Wildman–Crippen MR) is 28.4 cm³/mol. The number of hydrogen-bond donors (Lipinski definition) is 3. The molecule has 0 heterocycles. The van der Waals surface area contributed by atoms with E-state index in [2.05, 4.69) is 4.89 Å². The third kappa shape index (κ3) is 2.41. The molecule has 0 aliphatic heterocycles. The number of carbonyl (C=O) groups excluding carboxylic acids is 1. The second-order valence-corrected chi connectivity index (χ2v) is 1.68. The van der Waals surface area contributed by atoms with E-state index >= 15 is 0 Å². The predicted octanol–water partition coefficient (Wildman–Crippen LogP) is -1.29. The highest BCUT2D eigenvalue weighted by molar-refractivity contribution is 5.75. The van der Waals surface area contributed by atoms with E-state index in [0.29, 0.717) is 0 Å². The van der Waals surface area contributed by atoms with Crippen molar-refractivity contribution in [2.45, 2.75) is 19.1 Å². The average Bonchev–Trinajstić information content (AvgIpc) is 1.84. The number of aliphatic hydroxyl groups excluding tert-OH is 1. The standard InChI is InChI=1S/C4H9NO4/c1-2(6)3(5)4(7)9-8/h2-3,6,8H,5H2,1H3/t2?,3-/m0/s1. The van der Waals surface area contributed by atoms with E-state index in [1.165, 1.54) is 6.92 Å². The first-order valence-electron chi connectivity index (χ1n) is 2.38. The van der Waals surface area contributed by atoms with E-state index < -0.39 is 18.1 Å². The van der Waals surface area contributed by atoms with E-state index in [1.807, 2.05) is 0 Å². The van der Waals surface area contributed by atoms with Gasteiger partial charge < -0.3 is 10.8 Å². The molecule has 0 radical (unpaired) electrons. The molecule has 5 nitrogen and oxygen atoms in total. The summed E-state index contributed by atoms with van der Waals surface area (Å²) in [6, 6.07) is -1.17. The van der Waals surface area contributed by atoms with Crippen LogP contribution in [0.5, 0.6) is 0 Å². The Morgan fingerprint density at radius 2 is 2.22 bits per heavy atom. The van der Waals surface area contributed by atoms with Gasteiger partial charge in [-0.25, -0.2) is 4.79 Å². The van der Waals surface area contributed by atoms with Gasteiger partial charge in [-0.2, -0.15) is 5.26 Å². The lowest BCUT2D eigenvalue weighted by molar-refractivity contribution is -0.237. The zero-order valence-corrected chi connectivity index (χ0v) is 4.94. The molecule has 0 saturated heterocycles.